The molecule has 1 N–H and O–H groups in total. The number of benzene rings is 3. The number of nitrogens with one attached hydrogen (secondary N) is 1. The lowest BCUT2D eigenvalue weighted by atomic mass is 10.2. The van der Waals surface area contributed by atoms with E-state index in [1.165, 1.54) is 18.3 Å². The van der Waals surface area contributed by atoms with E-state index in [0.29, 0.717) is 5.56 Å². The molecule has 1 amide bonds. The van der Waals surface area contributed by atoms with Gasteiger partial charge in [-0.2, -0.15) is 26.3 Å². The average molecular weight is 519 g/mol. The predicted molar refractivity (Wildman–Crippen MR) is 122 cm³/mol. The molecule has 4 rings (SSSR count). The van der Waals surface area contributed by atoms with Crippen molar-refractivity contribution in [3.63, 3.8) is 0 Å². The zero-order valence-electron chi connectivity index (χ0n) is 18.1. The van der Waals surface area contributed by atoms with E-state index in [9.17, 15) is 31.1 Å². The van der Waals surface area contributed by atoms with Crippen molar-refractivity contribution < 1.29 is 31.1 Å². The molecule has 0 radical (unpaired) electrons. The van der Waals surface area contributed by atoms with Gasteiger partial charge >= 0.3 is 12.4 Å². The number of alkyl halides is 6. The second kappa shape index (κ2) is 10.0. The van der Waals surface area contributed by atoms with E-state index < -0.39 is 29.4 Å². The Hall–Kier alpha value is -3.86. The minimum Gasteiger partial charge on any atom is -0.322 e. The topological polar surface area (TPSA) is 54.9 Å². The smallest absolute Gasteiger partial charge is 0.322 e. The Balaban J connectivity index is 1.68. The van der Waals surface area contributed by atoms with Crippen LogP contribution in [0.25, 0.3) is 11.4 Å². The Kier molecular flexibility index (Phi) is 7.02. The van der Waals surface area contributed by atoms with Crippen LogP contribution in [0.2, 0.25) is 0 Å². The molecule has 36 heavy (non-hydrogen) atoms. The maximum atomic E-state index is 13.2. The summed E-state index contributed by atoms with van der Waals surface area (Å²) in [6.45, 7) is 0. The molecule has 0 saturated heterocycles. The first-order chi connectivity index (χ1) is 17.0. The number of aromatic nitrogens is 2. The molecule has 3 aromatic carbocycles. The van der Waals surface area contributed by atoms with Gasteiger partial charge in [0.1, 0.15) is 5.03 Å². The van der Waals surface area contributed by atoms with Crippen molar-refractivity contribution in [2.75, 3.05) is 5.32 Å². The summed E-state index contributed by atoms with van der Waals surface area (Å²) in [6.07, 6.45) is -7.86. The van der Waals surface area contributed by atoms with Crippen molar-refractivity contribution in [3.8, 4) is 11.4 Å². The molecule has 1 heterocycles. The number of rotatable bonds is 5. The molecule has 0 unspecified atom stereocenters. The van der Waals surface area contributed by atoms with Gasteiger partial charge in [0.15, 0.2) is 5.82 Å². The summed E-state index contributed by atoms with van der Waals surface area (Å²) in [5.41, 5.74) is -1.08. The first kappa shape index (κ1) is 25.2. The Morgan fingerprint density at radius 1 is 0.778 bits per heavy atom. The van der Waals surface area contributed by atoms with Gasteiger partial charge in [-0.1, -0.05) is 48.2 Å². The summed E-state index contributed by atoms with van der Waals surface area (Å²) in [4.78, 5) is 21.8. The van der Waals surface area contributed by atoms with Crippen LogP contribution in [0.3, 0.4) is 0 Å². The Morgan fingerprint density at radius 3 is 2.08 bits per heavy atom. The monoisotopic (exact) mass is 519 g/mol. The first-order valence-electron chi connectivity index (χ1n) is 10.3. The van der Waals surface area contributed by atoms with Crippen LogP contribution in [0.15, 0.2) is 95.0 Å². The highest BCUT2D eigenvalue weighted by molar-refractivity contribution is 7.99. The van der Waals surface area contributed by atoms with Gasteiger partial charge in [-0.3, -0.25) is 4.79 Å². The normalized spacial score (nSPS) is 11.8. The first-order valence-corrected chi connectivity index (χ1v) is 11.1. The molecule has 0 spiro atoms. The van der Waals surface area contributed by atoms with E-state index in [-0.39, 0.29) is 27.0 Å². The van der Waals surface area contributed by atoms with Crippen molar-refractivity contribution in [2.45, 2.75) is 22.3 Å². The minimum absolute atomic E-state index is 0.0583. The van der Waals surface area contributed by atoms with Crippen molar-refractivity contribution in [1.29, 1.82) is 0 Å². The van der Waals surface area contributed by atoms with E-state index in [1.54, 1.807) is 30.3 Å². The van der Waals surface area contributed by atoms with Gasteiger partial charge in [-0.05, 0) is 42.5 Å². The summed E-state index contributed by atoms with van der Waals surface area (Å²) in [5.74, 6) is -0.486. The van der Waals surface area contributed by atoms with Gasteiger partial charge in [0.2, 0.25) is 0 Å². The summed E-state index contributed by atoms with van der Waals surface area (Å²) < 4.78 is 78.0. The third kappa shape index (κ3) is 6.03. The van der Waals surface area contributed by atoms with E-state index in [2.05, 4.69) is 15.3 Å². The molecule has 0 saturated carbocycles. The molecular formula is C25H15F6N3OS. The predicted octanol–water partition coefficient (Wildman–Crippen LogP) is 7.58. The van der Waals surface area contributed by atoms with Gasteiger partial charge in [0.25, 0.3) is 5.91 Å². The standard InChI is InChI=1S/C25H15F6N3OS/c26-24(27,28)16-9-11-18(12-10-16)33-22(35)20-14-32-21(15-5-2-1-3-6-15)34-23(20)36-19-8-4-7-17(13-19)25(29,30)31/h1-14H,(H,33,35). The number of hydrogen-bond donors (Lipinski definition) is 1. The van der Waals surface area contributed by atoms with Crippen LogP contribution in [0.1, 0.15) is 21.5 Å². The zero-order chi connectivity index (χ0) is 25.9. The number of carbonyl (C=O) groups is 1. The van der Waals surface area contributed by atoms with Crippen molar-refractivity contribution in [3.05, 3.63) is 102 Å². The third-order valence-corrected chi connectivity index (χ3v) is 5.87. The second-order valence-electron chi connectivity index (χ2n) is 7.44. The van der Waals surface area contributed by atoms with E-state index in [1.807, 2.05) is 0 Å². The fraction of sp³-hybridized carbons (Fsp3) is 0.0800. The molecule has 4 nitrogen and oxygen atoms in total. The average Bonchev–Trinajstić information content (AvgIpc) is 2.84. The van der Waals surface area contributed by atoms with Gasteiger partial charge in [0, 0.05) is 22.3 Å². The molecule has 0 fully saturated rings. The number of nitrogens with zero attached hydrogens (tertiary/aromatic N) is 2. The van der Waals surface area contributed by atoms with Crippen molar-refractivity contribution in [1.82, 2.24) is 9.97 Å². The van der Waals surface area contributed by atoms with Crippen molar-refractivity contribution in [2.24, 2.45) is 0 Å². The molecule has 11 heteroatoms. The van der Waals surface area contributed by atoms with E-state index in [0.717, 1.165) is 48.2 Å². The summed E-state index contributed by atoms with van der Waals surface area (Å²) in [5, 5.41) is 2.55. The lowest BCUT2D eigenvalue weighted by Crippen LogP contribution is -2.15. The molecule has 0 bridgehead atoms. The highest BCUT2D eigenvalue weighted by Crippen LogP contribution is 2.36. The number of halogens is 6. The molecule has 0 aliphatic heterocycles. The lowest BCUT2D eigenvalue weighted by molar-refractivity contribution is -0.138. The maximum Gasteiger partial charge on any atom is 0.416 e. The molecule has 0 aliphatic carbocycles. The van der Waals surface area contributed by atoms with E-state index >= 15 is 0 Å². The molecular weight excluding hydrogens is 504 g/mol. The Bertz CT molecular complexity index is 1370. The molecule has 0 aliphatic rings. The highest BCUT2D eigenvalue weighted by atomic mass is 32.2. The van der Waals surface area contributed by atoms with Crippen LogP contribution in [-0.2, 0) is 12.4 Å². The third-order valence-electron chi connectivity index (χ3n) is 4.88. The number of anilines is 1. The van der Waals surface area contributed by atoms with Crippen LogP contribution in [-0.4, -0.2) is 15.9 Å². The van der Waals surface area contributed by atoms with Crippen LogP contribution in [0.4, 0.5) is 32.0 Å². The summed E-state index contributed by atoms with van der Waals surface area (Å²) in [6, 6.07) is 17.1. The lowest BCUT2D eigenvalue weighted by Gasteiger charge is -2.13. The van der Waals surface area contributed by atoms with Crippen molar-refractivity contribution >= 4 is 23.4 Å². The number of amides is 1. The summed E-state index contributed by atoms with van der Waals surface area (Å²) >= 11 is 0.837. The van der Waals surface area contributed by atoms with Gasteiger partial charge in [0.05, 0.1) is 16.7 Å². The Labute approximate surface area is 205 Å². The van der Waals surface area contributed by atoms with Crippen LogP contribution >= 0.6 is 11.8 Å². The molecule has 184 valence electrons. The SMILES string of the molecule is O=C(Nc1ccc(C(F)(F)F)cc1)c1cnc(-c2ccccc2)nc1Sc1cccc(C(F)(F)F)c1. The van der Waals surface area contributed by atoms with Crippen LogP contribution in [0, 0.1) is 0 Å². The summed E-state index contributed by atoms with van der Waals surface area (Å²) in [7, 11) is 0. The Morgan fingerprint density at radius 2 is 1.44 bits per heavy atom. The van der Waals surface area contributed by atoms with Crippen LogP contribution in [0.5, 0.6) is 0 Å². The second-order valence-corrected chi connectivity index (χ2v) is 8.50. The fourth-order valence-corrected chi connectivity index (χ4v) is 4.06. The maximum absolute atomic E-state index is 13.2. The van der Waals surface area contributed by atoms with Gasteiger partial charge in [-0.25, -0.2) is 9.97 Å². The zero-order valence-corrected chi connectivity index (χ0v) is 18.9. The largest absolute Gasteiger partial charge is 0.416 e. The van der Waals surface area contributed by atoms with Crippen LogP contribution < -0.4 is 5.32 Å². The molecule has 4 aromatic rings. The number of carbonyl (C=O) groups excluding carboxylic acids is 1. The van der Waals surface area contributed by atoms with Gasteiger partial charge in [-0.15, -0.1) is 0 Å². The quantitative estimate of drug-likeness (QED) is 0.218. The molecule has 1 aromatic heterocycles. The van der Waals surface area contributed by atoms with Gasteiger partial charge < -0.3 is 5.32 Å². The highest BCUT2D eigenvalue weighted by Gasteiger charge is 2.31. The molecule has 0 atom stereocenters. The van der Waals surface area contributed by atoms with E-state index in [4.69, 9.17) is 0 Å². The minimum atomic E-state index is -4.56. The number of hydrogen-bond acceptors (Lipinski definition) is 4. The fourth-order valence-electron chi connectivity index (χ4n) is 3.11.